The van der Waals surface area contributed by atoms with E-state index in [2.05, 4.69) is 9.74 Å². The normalized spacial score (nSPS) is 13.3. The summed E-state index contributed by atoms with van der Waals surface area (Å²) < 4.78 is 5.65. The molecule has 0 saturated carbocycles. The van der Waals surface area contributed by atoms with E-state index in [0.29, 0.717) is 36.3 Å². The fourth-order valence-electron chi connectivity index (χ4n) is 2.64. The quantitative estimate of drug-likeness (QED) is 0.254. The molecule has 0 radical (unpaired) electrons. The van der Waals surface area contributed by atoms with E-state index in [1.165, 1.54) is 0 Å². The van der Waals surface area contributed by atoms with Crippen LogP contribution in [0.15, 0.2) is 18.2 Å². The lowest BCUT2D eigenvalue weighted by molar-refractivity contribution is -0.757. The molecular formula is C17H23N3O6. The van der Waals surface area contributed by atoms with Gasteiger partial charge in [-0.3, -0.25) is 14.5 Å². The highest BCUT2D eigenvalue weighted by atomic mass is 16.9. The number of benzene rings is 1. The highest BCUT2D eigenvalue weighted by Crippen LogP contribution is 2.27. The summed E-state index contributed by atoms with van der Waals surface area (Å²) in [6.45, 7) is 1.57. The minimum atomic E-state index is -0.859. The Hall–Kier alpha value is -2.68. The molecule has 26 heavy (non-hydrogen) atoms. The SMILES string of the molecule is CN(C)CCCOc1ccc2c(c1)C(=O)N(CCCCO[N+](=O)[O-])C2=O. The average Bonchev–Trinajstić information content (AvgIpc) is 2.82. The summed E-state index contributed by atoms with van der Waals surface area (Å²) in [4.78, 5) is 42.3. The zero-order valence-electron chi connectivity index (χ0n) is 15.0. The Morgan fingerprint density at radius 3 is 2.50 bits per heavy atom. The number of rotatable bonds is 11. The van der Waals surface area contributed by atoms with Crippen LogP contribution in [0, 0.1) is 10.1 Å². The number of hydrogen-bond acceptors (Lipinski definition) is 7. The molecule has 2 amide bonds. The molecule has 2 rings (SSSR count). The van der Waals surface area contributed by atoms with E-state index in [4.69, 9.17) is 4.74 Å². The second-order valence-corrected chi connectivity index (χ2v) is 6.24. The maximum absolute atomic E-state index is 12.5. The molecule has 1 heterocycles. The number of carbonyl (C=O) groups excluding carboxylic acids is 2. The fourth-order valence-corrected chi connectivity index (χ4v) is 2.64. The summed E-state index contributed by atoms with van der Waals surface area (Å²) in [5.41, 5.74) is 0.693. The van der Waals surface area contributed by atoms with Gasteiger partial charge in [0.25, 0.3) is 16.9 Å². The molecule has 142 valence electrons. The second-order valence-electron chi connectivity index (χ2n) is 6.24. The van der Waals surface area contributed by atoms with Gasteiger partial charge in [0, 0.05) is 13.1 Å². The first-order chi connectivity index (χ1) is 12.4. The molecule has 0 spiro atoms. The van der Waals surface area contributed by atoms with Gasteiger partial charge in [-0.1, -0.05) is 0 Å². The van der Waals surface area contributed by atoms with Gasteiger partial charge in [0.1, 0.15) is 5.75 Å². The summed E-state index contributed by atoms with van der Waals surface area (Å²) in [5.74, 6) is -0.150. The van der Waals surface area contributed by atoms with Crippen LogP contribution in [-0.4, -0.2) is 67.1 Å². The number of carbonyl (C=O) groups is 2. The first kappa shape index (κ1) is 19.6. The van der Waals surface area contributed by atoms with Crippen molar-refractivity contribution in [3.05, 3.63) is 39.4 Å². The maximum Gasteiger partial charge on any atom is 0.294 e. The van der Waals surface area contributed by atoms with Gasteiger partial charge < -0.3 is 14.5 Å². The van der Waals surface area contributed by atoms with E-state index in [0.717, 1.165) is 17.9 Å². The molecule has 0 bridgehead atoms. The number of amides is 2. The molecule has 0 fully saturated rings. The van der Waals surface area contributed by atoms with Crippen molar-refractivity contribution in [2.45, 2.75) is 19.3 Å². The van der Waals surface area contributed by atoms with Gasteiger partial charge in [-0.25, -0.2) is 0 Å². The van der Waals surface area contributed by atoms with E-state index in [1.54, 1.807) is 18.2 Å². The lowest BCUT2D eigenvalue weighted by atomic mass is 10.1. The van der Waals surface area contributed by atoms with E-state index in [-0.39, 0.29) is 25.0 Å². The minimum absolute atomic E-state index is 0.0545. The average molecular weight is 365 g/mol. The monoisotopic (exact) mass is 365 g/mol. The Bertz CT molecular complexity index is 676. The first-order valence-electron chi connectivity index (χ1n) is 8.45. The van der Waals surface area contributed by atoms with Crippen molar-refractivity contribution in [2.75, 3.05) is 40.4 Å². The third kappa shape index (κ3) is 5.16. The number of imide groups is 1. The third-order valence-electron chi connectivity index (χ3n) is 3.93. The van der Waals surface area contributed by atoms with Crippen LogP contribution >= 0.6 is 0 Å². The van der Waals surface area contributed by atoms with Gasteiger partial charge >= 0.3 is 0 Å². The Balaban J connectivity index is 1.89. The largest absolute Gasteiger partial charge is 0.494 e. The number of ether oxygens (including phenoxy) is 1. The molecule has 0 saturated heterocycles. The van der Waals surface area contributed by atoms with E-state index < -0.39 is 5.09 Å². The predicted octanol–water partition coefficient (Wildman–Crippen LogP) is 1.60. The molecule has 1 aromatic carbocycles. The van der Waals surface area contributed by atoms with Crippen LogP contribution in [0.3, 0.4) is 0 Å². The van der Waals surface area contributed by atoms with Gasteiger partial charge in [-0.15, -0.1) is 10.1 Å². The maximum atomic E-state index is 12.5. The van der Waals surface area contributed by atoms with Gasteiger partial charge in [-0.2, -0.15) is 0 Å². The zero-order valence-corrected chi connectivity index (χ0v) is 15.0. The molecule has 0 N–H and O–H groups in total. The molecule has 0 aromatic heterocycles. The van der Waals surface area contributed by atoms with Gasteiger partial charge in [0.15, 0.2) is 0 Å². The van der Waals surface area contributed by atoms with Crippen molar-refractivity contribution in [3.63, 3.8) is 0 Å². The van der Waals surface area contributed by atoms with Crippen molar-refractivity contribution < 1.29 is 24.3 Å². The molecule has 1 aliphatic heterocycles. The molecule has 0 unspecified atom stereocenters. The number of fused-ring (bicyclic) bond motifs is 1. The molecule has 9 nitrogen and oxygen atoms in total. The molecule has 1 aromatic rings. The van der Waals surface area contributed by atoms with Gasteiger partial charge in [-0.05, 0) is 51.6 Å². The van der Waals surface area contributed by atoms with Crippen LogP contribution in [0.25, 0.3) is 0 Å². The summed E-state index contributed by atoms with van der Waals surface area (Å²) in [6.07, 6.45) is 1.68. The highest BCUT2D eigenvalue weighted by Gasteiger charge is 2.35. The lowest BCUT2D eigenvalue weighted by Crippen LogP contribution is -2.30. The fraction of sp³-hybridized carbons (Fsp3) is 0.529. The summed E-state index contributed by atoms with van der Waals surface area (Å²) >= 11 is 0. The van der Waals surface area contributed by atoms with E-state index >= 15 is 0 Å². The lowest BCUT2D eigenvalue weighted by Gasteiger charge is -2.13. The van der Waals surface area contributed by atoms with Crippen molar-refractivity contribution in [1.29, 1.82) is 0 Å². The van der Waals surface area contributed by atoms with Crippen molar-refractivity contribution in [2.24, 2.45) is 0 Å². The van der Waals surface area contributed by atoms with Gasteiger partial charge in [0.05, 0.1) is 24.3 Å². The summed E-state index contributed by atoms with van der Waals surface area (Å²) in [7, 11) is 3.97. The molecular weight excluding hydrogens is 342 g/mol. The summed E-state index contributed by atoms with van der Waals surface area (Å²) in [6, 6.07) is 4.89. The first-order valence-corrected chi connectivity index (χ1v) is 8.45. The Morgan fingerprint density at radius 2 is 1.81 bits per heavy atom. The van der Waals surface area contributed by atoms with Crippen LogP contribution in [0.1, 0.15) is 40.0 Å². The van der Waals surface area contributed by atoms with Crippen molar-refractivity contribution in [3.8, 4) is 5.75 Å². The topological polar surface area (TPSA) is 102 Å². The van der Waals surface area contributed by atoms with Crippen LogP contribution in [0.2, 0.25) is 0 Å². The summed E-state index contributed by atoms with van der Waals surface area (Å²) in [5, 5.41) is 9.22. The van der Waals surface area contributed by atoms with E-state index in [1.807, 2.05) is 14.1 Å². The molecule has 1 aliphatic rings. The predicted molar refractivity (Wildman–Crippen MR) is 92.7 cm³/mol. The Morgan fingerprint density at radius 1 is 1.08 bits per heavy atom. The third-order valence-corrected chi connectivity index (χ3v) is 3.93. The molecule has 0 atom stereocenters. The van der Waals surface area contributed by atoms with Crippen LogP contribution in [-0.2, 0) is 4.84 Å². The Labute approximate surface area is 151 Å². The Kier molecular flexibility index (Phi) is 6.90. The minimum Gasteiger partial charge on any atom is -0.494 e. The second kappa shape index (κ2) is 9.14. The molecule has 9 heteroatoms. The van der Waals surface area contributed by atoms with Gasteiger partial charge in [0.2, 0.25) is 0 Å². The van der Waals surface area contributed by atoms with Crippen molar-refractivity contribution >= 4 is 11.8 Å². The smallest absolute Gasteiger partial charge is 0.294 e. The number of nitrogens with zero attached hydrogens (tertiary/aromatic N) is 3. The highest BCUT2D eigenvalue weighted by molar-refractivity contribution is 6.21. The number of hydrogen-bond donors (Lipinski definition) is 0. The van der Waals surface area contributed by atoms with Crippen LogP contribution < -0.4 is 4.74 Å². The number of unbranched alkanes of at least 4 members (excludes halogenated alkanes) is 1. The van der Waals surface area contributed by atoms with E-state index in [9.17, 15) is 19.7 Å². The standard InChI is InChI=1S/C17H23N3O6/c1-18(2)8-5-10-25-13-6-7-14-15(12-13)17(22)19(16(14)21)9-3-4-11-26-20(23)24/h6-7,12H,3-5,8-11H2,1-2H3. The van der Waals surface area contributed by atoms with Crippen LogP contribution in [0.5, 0.6) is 5.75 Å². The molecule has 0 aliphatic carbocycles. The zero-order chi connectivity index (χ0) is 19.1. The van der Waals surface area contributed by atoms with Crippen LogP contribution in [0.4, 0.5) is 0 Å². The van der Waals surface area contributed by atoms with Crippen molar-refractivity contribution in [1.82, 2.24) is 9.80 Å².